The maximum absolute atomic E-state index is 13.6. The van der Waals surface area contributed by atoms with Gasteiger partial charge in [-0.25, -0.2) is 4.98 Å². The van der Waals surface area contributed by atoms with Gasteiger partial charge in [-0.2, -0.15) is 0 Å². The average molecular weight is 532 g/mol. The van der Waals surface area contributed by atoms with E-state index in [9.17, 15) is 9.59 Å². The third-order valence-corrected chi connectivity index (χ3v) is 8.13. The lowest BCUT2D eigenvalue weighted by atomic mass is 9.95. The number of rotatable bonds is 8. The van der Waals surface area contributed by atoms with E-state index in [1.165, 1.54) is 18.2 Å². The van der Waals surface area contributed by atoms with Crippen LogP contribution in [0.3, 0.4) is 0 Å². The molecular weight excluding hydrogens is 502 g/mol. The topological polar surface area (TPSA) is 64.0 Å². The fourth-order valence-electron chi connectivity index (χ4n) is 4.83. The van der Waals surface area contributed by atoms with E-state index in [2.05, 4.69) is 17.4 Å². The molecule has 3 aromatic carbocycles. The van der Waals surface area contributed by atoms with E-state index in [-0.39, 0.29) is 17.5 Å². The van der Waals surface area contributed by atoms with E-state index >= 15 is 0 Å². The number of carbonyl (C=O) groups is 1. The Morgan fingerprint density at radius 3 is 2.54 bits per heavy atom. The summed E-state index contributed by atoms with van der Waals surface area (Å²) in [7, 11) is 0. The molecule has 1 saturated carbocycles. The number of halogens is 1. The normalized spacial score (nSPS) is 14.1. The van der Waals surface area contributed by atoms with Crippen molar-refractivity contribution in [3.8, 4) is 0 Å². The number of amides is 1. The summed E-state index contributed by atoms with van der Waals surface area (Å²) in [4.78, 5) is 31.5. The van der Waals surface area contributed by atoms with Crippen molar-refractivity contribution >= 4 is 40.2 Å². The molecule has 1 aliphatic rings. The Hall–Kier alpha value is -3.09. The maximum Gasteiger partial charge on any atom is 0.262 e. The average Bonchev–Trinajstić information content (AvgIpc) is 2.92. The largest absolute Gasteiger partial charge is 0.349 e. The Balaban J connectivity index is 1.45. The molecular formula is C30H30ClN3O2S. The highest BCUT2D eigenvalue weighted by Crippen LogP contribution is 2.25. The number of hydrogen-bond donors (Lipinski definition) is 1. The molecule has 1 heterocycles. The molecule has 1 N–H and O–H groups in total. The van der Waals surface area contributed by atoms with Crippen molar-refractivity contribution < 1.29 is 4.79 Å². The standard InChI is InChI=1S/C30H30ClN3O2S/c31-24-11-7-10-22(18-24)20-37-30-33-27-19-23(28(35)32-25-12-5-2-6-13-25)14-15-26(27)29(36)34(30)17-16-21-8-3-1-4-9-21/h1,3-4,7-11,14-15,18-19,25H,2,5-6,12-13,16-17,20H2,(H,32,35). The molecule has 0 saturated heterocycles. The monoisotopic (exact) mass is 531 g/mol. The summed E-state index contributed by atoms with van der Waals surface area (Å²) in [5.41, 5.74) is 3.22. The highest BCUT2D eigenvalue weighted by molar-refractivity contribution is 7.98. The molecule has 0 radical (unpaired) electrons. The molecule has 37 heavy (non-hydrogen) atoms. The van der Waals surface area contributed by atoms with Crippen LogP contribution in [-0.2, 0) is 18.7 Å². The van der Waals surface area contributed by atoms with E-state index < -0.39 is 0 Å². The summed E-state index contributed by atoms with van der Waals surface area (Å²) < 4.78 is 1.76. The molecule has 0 unspecified atom stereocenters. The van der Waals surface area contributed by atoms with Gasteiger partial charge in [0.2, 0.25) is 0 Å². The molecule has 1 aromatic heterocycles. The van der Waals surface area contributed by atoms with Crippen molar-refractivity contribution in [2.24, 2.45) is 0 Å². The number of thioether (sulfide) groups is 1. The van der Waals surface area contributed by atoms with Crippen molar-refractivity contribution in [1.82, 2.24) is 14.9 Å². The minimum atomic E-state index is -0.100. The molecule has 0 atom stereocenters. The maximum atomic E-state index is 13.6. The SMILES string of the molecule is O=C(NC1CCCCC1)c1ccc2c(=O)n(CCc3ccccc3)c(SCc3cccc(Cl)c3)nc2c1. The van der Waals surface area contributed by atoms with Crippen LogP contribution in [0.15, 0.2) is 82.7 Å². The second kappa shape index (κ2) is 12.0. The Bertz CT molecular complexity index is 1450. The van der Waals surface area contributed by atoms with Crippen LogP contribution in [0.2, 0.25) is 5.02 Å². The van der Waals surface area contributed by atoms with Crippen molar-refractivity contribution in [2.75, 3.05) is 0 Å². The van der Waals surface area contributed by atoms with Crippen molar-refractivity contribution in [1.29, 1.82) is 0 Å². The van der Waals surface area contributed by atoms with Crippen LogP contribution >= 0.6 is 23.4 Å². The molecule has 1 amide bonds. The lowest BCUT2D eigenvalue weighted by Gasteiger charge is -2.22. The van der Waals surface area contributed by atoms with Crippen LogP contribution in [0.5, 0.6) is 0 Å². The minimum absolute atomic E-state index is 0.0891. The summed E-state index contributed by atoms with van der Waals surface area (Å²) in [5.74, 6) is 0.531. The van der Waals surface area contributed by atoms with Crippen LogP contribution in [0.4, 0.5) is 0 Å². The summed E-state index contributed by atoms with van der Waals surface area (Å²) in [6.07, 6.45) is 6.31. The summed E-state index contributed by atoms with van der Waals surface area (Å²) in [5, 5.41) is 5.00. The molecule has 0 spiro atoms. The van der Waals surface area contributed by atoms with Crippen LogP contribution in [0.1, 0.15) is 53.6 Å². The van der Waals surface area contributed by atoms with E-state index in [1.807, 2.05) is 42.5 Å². The summed E-state index contributed by atoms with van der Waals surface area (Å²) in [6.45, 7) is 0.521. The molecule has 4 aromatic rings. The number of nitrogens with zero attached hydrogens (tertiary/aromatic N) is 2. The van der Waals surface area contributed by atoms with Gasteiger partial charge in [0, 0.05) is 28.9 Å². The zero-order valence-electron chi connectivity index (χ0n) is 20.7. The fraction of sp³-hybridized carbons (Fsp3) is 0.300. The Morgan fingerprint density at radius 1 is 0.973 bits per heavy atom. The summed E-state index contributed by atoms with van der Waals surface area (Å²) >= 11 is 7.69. The summed E-state index contributed by atoms with van der Waals surface area (Å²) in [6, 6.07) is 23.3. The predicted molar refractivity (Wildman–Crippen MR) is 152 cm³/mol. The van der Waals surface area contributed by atoms with Gasteiger partial charge in [0.15, 0.2) is 5.16 Å². The van der Waals surface area contributed by atoms with Gasteiger partial charge in [0.1, 0.15) is 0 Å². The van der Waals surface area contributed by atoms with Crippen LogP contribution in [0, 0.1) is 0 Å². The highest BCUT2D eigenvalue weighted by atomic mass is 35.5. The Kier molecular flexibility index (Phi) is 8.27. The van der Waals surface area contributed by atoms with Gasteiger partial charge in [-0.1, -0.05) is 85.1 Å². The van der Waals surface area contributed by atoms with Gasteiger partial charge in [-0.05, 0) is 60.7 Å². The van der Waals surface area contributed by atoms with E-state index in [0.717, 1.165) is 43.2 Å². The molecule has 7 heteroatoms. The Labute approximate surface area is 226 Å². The Morgan fingerprint density at radius 2 is 1.76 bits per heavy atom. The van der Waals surface area contributed by atoms with Crippen LogP contribution < -0.4 is 10.9 Å². The van der Waals surface area contributed by atoms with E-state index in [0.29, 0.717) is 38.9 Å². The molecule has 190 valence electrons. The van der Waals surface area contributed by atoms with Crippen molar-refractivity contribution in [3.05, 3.63) is 105 Å². The molecule has 5 nitrogen and oxygen atoms in total. The predicted octanol–water partition coefficient (Wildman–Crippen LogP) is 6.65. The van der Waals surface area contributed by atoms with Gasteiger partial charge in [0.05, 0.1) is 10.9 Å². The van der Waals surface area contributed by atoms with Gasteiger partial charge in [-0.3, -0.25) is 14.2 Å². The van der Waals surface area contributed by atoms with Gasteiger partial charge >= 0.3 is 0 Å². The molecule has 0 bridgehead atoms. The zero-order chi connectivity index (χ0) is 25.6. The van der Waals surface area contributed by atoms with Gasteiger partial charge in [-0.15, -0.1) is 0 Å². The van der Waals surface area contributed by atoms with Crippen molar-refractivity contribution in [2.45, 2.75) is 62.0 Å². The lowest BCUT2D eigenvalue weighted by molar-refractivity contribution is 0.0928. The molecule has 0 aliphatic heterocycles. The highest BCUT2D eigenvalue weighted by Gasteiger charge is 2.18. The van der Waals surface area contributed by atoms with Crippen LogP contribution in [0.25, 0.3) is 10.9 Å². The smallest absolute Gasteiger partial charge is 0.262 e. The molecule has 1 fully saturated rings. The third kappa shape index (κ3) is 6.43. The van der Waals surface area contributed by atoms with E-state index in [4.69, 9.17) is 16.6 Å². The number of aromatic nitrogens is 2. The number of nitrogens with one attached hydrogen (secondary N) is 1. The number of fused-ring (bicyclic) bond motifs is 1. The second-order valence-corrected chi connectivity index (χ2v) is 10.9. The van der Waals surface area contributed by atoms with Crippen LogP contribution in [-0.4, -0.2) is 21.5 Å². The number of hydrogen-bond acceptors (Lipinski definition) is 4. The quantitative estimate of drug-likeness (QED) is 0.204. The lowest BCUT2D eigenvalue weighted by Crippen LogP contribution is -2.36. The zero-order valence-corrected chi connectivity index (χ0v) is 22.2. The fourth-order valence-corrected chi connectivity index (χ4v) is 6.01. The van der Waals surface area contributed by atoms with Crippen molar-refractivity contribution in [3.63, 3.8) is 0 Å². The first-order valence-corrected chi connectivity index (χ1v) is 14.2. The minimum Gasteiger partial charge on any atom is -0.349 e. The second-order valence-electron chi connectivity index (χ2n) is 9.55. The molecule has 1 aliphatic carbocycles. The first-order chi connectivity index (χ1) is 18.1. The number of aryl methyl sites for hydroxylation is 1. The third-order valence-electron chi connectivity index (χ3n) is 6.85. The first-order valence-electron chi connectivity index (χ1n) is 12.8. The van der Waals surface area contributed by atoms with Gasteiger partial charge in [0.25, 0.3) is 11.5 Å². The van der Waals surface area contributed by atoms with Gasteiger partial charge < -0.3 is 5.32 Å². The first kappa shape index (κ1) is 25.6. The molecule has 5 rings (SSSR count). The number of carbonyl (C=O) groups excluding carboxylic acids is 1. The number of benzene rings is 3. The van der Waals surface area contributed by atoms with E-state index in [1.54, 1.807) is 22.8 Å².